The molecule has 0 amide bonds. The minimum absolute atomic E-state index is 0.337. The van der Waals surface area contributed by atoms with E-state index >= 15 is 0 Å². The zero-order chi connectivity index (χ0) is 13.5. The van der Waals surface area contributed by atoms with Crippen LogP contribution < -0.4 is 0 Å². The number of benzene rings is 1. The molecule has 0 aliphatic heterocycles. The molecule has 0 heterocycles. The Hall–Kier alpha value is -1.11. The predicted molar refractivity (Wildman–Crippen MR) is 80.6 cm³/mol. The molecule has 1 heteroatoms. The smallest absolute Gasteiger partial charge is 0.165 e. The molecule has 1 fully saturated rings. The molecular weight excluding hydrogens is 232 g/mol. The van der Waals surface area contributed by atoms with Gasteiger partial charge in [-0.05, 0) is 31.2 Å². The molecule has 0 bridgehead atoms. The van der Waals surface area contributed by atoms with Crippen molar-refractivity contribution in [3.05, 3.63) is 35.4 Å². The minimum Gasteiger partial charge on any atom is -0.294 e. The Bertz CT molecular complexity index is 387. The normalized spacial score (nSPS) is 14.6. The molecule has 104 valence electrons. The Morgan fingerprint density at radius 3 is 2.26 bits per heavy atom. The summed E-state index contributed by atoms with van der Waals surface area (Å²) in [7, 11) is 0. The van der Waals surface area contributed by atoms with Crippen LogP contribution in [0.5, 0.6) is 0 Å². The van der Waals surface area contributed by atoms with Gasteiger partial charge >= 0.3 is 0 Å². The van der Waals surface area contributed by atoms with Gasteiger partial charge in [0.05, 0.1) is 0 Å². The summed E-state index contributed by atoms with van der Waals surface area (Å²) in [5.41, 5.74) is 2.29. The number of hydrogen-bond donors (Lipinski definition) is 0. The maximum absolute atomic E-state index is 11.9. The lowest BCUT2D eigenvalue weighted by atomic mass is 10.0. The average molecular weight is 258 g/mol. The van der Waals surface area contributed by atoms with Crippen molar-refractivity contribution >= 4 is 5.78 Å². The van der Waals surface area contributed by atoms with E-state index in [9.17, 15) is 4.79 Å². The van der Waals surface area contributed by atoms with Crippen molar-refractivity contribution in [1.29, 1.82) is 0 Å². The molecule has 1 aromatic carbocycles. The zero-order valence-electron chi connectivity index (χ0n) is 12.2. The highest BCUT2D eigenvalue weighted by molar-refractivity contribution is 5.99. The first-order valence-electron chi connectivity index (χ1n) is 7.94. The third kappa shape index (κ3) is 4.81. The number of rotatable bonds is 9. The molecule has 0 radical (unpaired) electrons. The van der Waals surface area contributed by atoms with Gasteiger partial charge in [-0.25, -0.2) is 0 Å². The second-order valence-electron chi connectivity index (χ2n) is 5.85. The first-order valence-corrected chi connectivity index (χ1v) is 7.94. The van der Waals surface area contributed by atoms with E-state index in [1.165, 1.54) is 44.1 Å². The SMILES string of the molecule is CCCCCCCCc1ccc(C(=O)C2CC2)cc1. The summed E-state index contributed by atoms with van der Waals surface area (Å²) in [5.74, 6) is 0.690. The molecule has 0 aromatic heterocycles. The highest BCUT2D eigenvalue weighted by atomic mass is 16.1. The van der Waals surface area contributed by atoms with Gasteiger partial charge in [0.1, 0.15) is 0 Å². The molecule has 0 unspecified atom stereocenters. The Morgan fingerprint density at radius 1 is 1.00 bits per heavy atom. The number of carbonyl (C=O) groups excluding carboxylic acids is 1. The summed E-state index contributed by atoms with van der Waals surface area (Å²) in [5, 5.41) is 0. The highest BCUT2D eigenvalue weighted by Crippen LogP contribution is 2.32. The third-order valence-corrected chi connectivity index (χ3v) is 4.01. The van der Waals surface area contributed by atoms with E-state index in [4.69, 9.17) is 0 Å². The van der Waals surface area contributed by atoms with Gasteiger partial charge < -0.3 is 0 Å². The van der Waals surface area contributed by atoms with Crippen LogP contribution >= 0.6 is 0 Å². The lowest BCUT2D eigenvalue weighted by Crippen LogP contribution is -2.01. The Morgan fingerprint density at radius 2 is 1.63 bits per heavy atom. The lowest BCUT2D eigenvalue weighted by molar-refractivity contribution is 0.0967. The Kier molecular flexibility index (Phi) is 5.62. The summed E-state index contributed by atoms with van der Waals surface area (Å²) >= 11 is 0. The van der Waals surface area contributed by atoms with Crippen LogP contribution in [0.25, 0.3) is 0 Å². The Labute approximate surface area is 117 Å². The van der Waals surface area contributed by atoms with Gasteiger partial charge in [0, 0.05) is 11.5 Å². The van der Waals surface area contributed by atoms with Gasteiger partial charge in [-0.15, -0.1) is 0 Å². The second kappa shape index (κ2) is 7.47. The number of carbonyl (C=O) groups is 1. The van der Waals surface area contributed by atoms with Crippen LogP contribution in [0.15, 0.2) is 24.3 Å². The van der Waals surface area contributed by atoms with E-state index in [1.807, 2.05) is 12.1 Å². The highest BCUT2D eigenvalue weighted by Gasteiger charge is 2.30. The minimum atomic E-state index is 0.337. The molecule has 0 spiro atoms. The molecule has 1 aliphatic rings. The molecule has 0 atom stereocenters. The van der Waals surface area contributed by atoms with Crippen LogP contribution in [0.1, 0.15) is 74.2 Å². The van der Waals surface area contributed by atoms with Gasteiger partial charge in [-0.3, -0.25) is 4.79 Å². The van der Waals surface area contributed by atoms with Crippen molar-refractivity contribution in [2.75, 3.05) is 0 Å². The Balaban J connectivity index is 1.68. The van der Waals surface area contributed by atoms with Gasteiger partial charge in [0.15, 0.2) is 5.78 Å². The molecule has 1 aliphatic carbocycles. The lowest BCUT2D eigenvalue weighted by Gasteiger charge is -2.04. The third-order valence-electron chi connectivity index (χ3n) is 4.01. The topological polar surface area (TPSA) is 17.1 Å². The first kappa shape index (κ1) is 14.3. The fourth-order valence-corrected chi connectivity index (χ4v) is 2.53. The van der Waals surface area contributed by atoms with E-state index in [2.05, 4.69) is 19.1 Å². The van der Waals surface area contributed by atoms with Gasteiger partial charge in [0.25, 0.3) is 0 Å². The maximum atomic E-state index is 11.9. The summed E-state index contributed by atoms with van der Waals surface area (Å²) in [6.45, 7) is 2.25. The molecule has 2 rings (SSSR count). The van der Waals surface area contributed by atoms with Crippen LogP contribution in [-0.2, 0) is 6.42 Å². The largest absolute Gasteiger partial charge is 0.294 e. The van der Waals surface area contributed by atoms with Crippen molar-refractivity contribution in [3.63, 3.8) is 0 Å². The van der Waals surface area contributed by atoms with E-state index in [0.717, 1.165) is 24.8 Å². The first-order chi connectivity index (χ1) is 9.31. The number of aryl methyl sites for hydroxylation is 1. The molecule has 19 heavy (non-hydrogen) atoms. The molecule has 1 saturated carbocycles. The number of Topliss-reactive ketones (excluding diaryl/α,β-unsaturated/α-hetero) is 1. The average Bonchev–Trinajstić information content (AvgIpc) is 3.27. The van der Waals surface area contributed by atoms with Crippen molar-refractivity contribution < 1.29 is 4.79 Å². The van der Waals surface area contributed by atoms with Crippen molar-refractivity contribution in [2.45, 2.75) is 64.7 Å². The van der Waals surface area contributed by atoms with E-state index in [0.29, 0.717) is 11.7 Å². The van der Waals surface area contributed by atoms with Crippen LogP contribution in [0.4, 0.5) is 0 Å². The van der Waals surface area contributed by atoms with Crippen LogP contribution in [0.3, 0.4) is 0 Å². The quantitative estimate of drug-likeness (QED) is 0.440. The fourth-order valence-electron chi connectivity index (χ4n) is 2.53. The van der Waals surface area contributed by atoms with Crippen molar-refractivity contribution in [3.8, 4) is 0 Å². The molecular formula is C18H26O. The number of hydrogen-bond acceptors (Lipinski definition) is 1. The van der Waals surface area contributed by atoms with Crippen LogP contribution in [0.2, 0.25) is 0 Å². The molecule has 1 aromatic rings. The van der Waals surface area contributed by atoms with Gasteiger partial charge in [-0.1, -0.05) is 63.3 Å². The van der Waals surface area contributed by atoms with Crippen molar-refractivity contribution in [1.82, 2.24) is 0 Å². The zero-order valence-corrected chi connectivity index (χ0v) is 12.2. The predicted octanol–water partition coefficient (Wildman–Crippen LogP) is 5.18. The van der Waals surface area contributed by atoms with E-state index < -0.39 is 0 Å². The maximum Gasteiger partial charge on any atom is 0.165 e. The van der Waals surface area contributed by atoms with E-state index in [-0.39, 0.29) is 0 Å². The van der Waals surface area contributed by atoms with E-state index in [1.54, 1.807) is 0 Å². The van der Waals surface area contributed by atoms with Gasteiger partial charge in [-0.2, -0.15) is 0 Å². The standard InChI is InChI=1S/C18H26O/c1-2-3-4-5-6-7-8-15-9-11-16(12-10-15)18(19)17-13-14-17/h9-12,17H,2-8,13-14H2,1H3. The molecule has 0 N–H and O–H groups in total. The number of unbranched alkanes of at least 4 members (excludes halogenated alkanes) is 5. The second-order valence-corrected chi connectivity index (χ2v) is 5.85. The number of ketones is 1. The van der Waals surface area contributed by atoms with Crippen molar-refractivity contribution in [2.24, 2.45) is 5.92 Å². The molecule has 1 nitrogen and oxygen atoms in total. The van der Waals surface area contributed by atoms with Crippen LogP contribution in [0, 0.1) is 5.92 Å². The molecule has 0 saturated heterocycles. The van der Waals surface area contributed by atoms with Gasteiger partial charge in [0.2, 0.25) is 0 Å². The monoisotopic (exact) mass is 258 g/mol. The summed E-state index contributed by atoms with van der Waals surface area (Å²) in [4.78, 5) is 11.9. The summed E-state index contributed by atoms with van der Waals surface area (Å²) in [6, 6.07) is 8.32. The summed E-state index contributed by atoms with van der Waals surface area (Å²) < 4.78 is 0. The van der Waals surface area contributed by atoms with Crippen LogP contribution in [-0.4, -0.2) is 5.78 Å². The fraction of sp³-hybridized carbons (Fsp3) is 0.611. The summed E-state index contributed by atoms with van der Waals surface area (Å²) in [6.07, 6.45) is 11.4.